The summed E-state index contributed by atoms with van der Waals surface area (Å²) in [5, 5.41) is 3.23. The Labute approximate surface area is 120 Å². The molecule has 0 aromatic carbocycles. The number of rotatable bonds is 7. The predicted octanol–water partition coefficient (Wildman–Crippen LogP) is 3.08. The van der Waals surface area contributed by atoms with Crippen LogP contribution in [0.15, 0.2) is 16.5 Å². The Kier molecular flexibility index (Phi) is 4.86. The second-order valence-corrected chi connectivity index (χ2v) is 6.21. The third-order valence-electron chi connectivity index (χ3n) is 3.87. The van der Waals surface area contributed by atoms with Gasteiger partial charge in [-0.05, 0) is 36.8 Å². The molecule has 0 spiro atoms. The molecule has 0 bridgehead atoms. The molecule has 1 N–H and O–H groups in total. The third kappa shape index (κ3) is 3.85. The monoisotopic (exact) mass is 279 g/mol. The summed E-state index contributed by atoms with van der Waals surface area (Å²) in [6.45, 7) is 6.99. The van der Waals surface area contributed by atoms with Crippen molar-refractivity contribution in [3.63, 3.8) is 0 Å². The standard InChI is InChI=1S/C16H25NO3/c1-10(2)7-14(16(18)19-4)17-9-12-5-6-15(20-12)13-8-11(13)3/h5-6,10-11,13-14,17H,7-9H2,1-4H3. The third-order valence-corrected chi connectivity index (χ3v) is 3.87. The zero-order valence-electron chi connectivity index (χ0n) is 12.8. The lowest BCUT2D eigenvalue weighted by atomic mass is 10.0. The summed E-state index contributed by atoms with van der Waals surface area (Å²) in [5.41, 5.74) is 0. The van der Waals surface area contributed by atoms with Crippen LogP contribution in [0.25, 0.3) is 0 Å². The number of nitrogens with one attached hydrogen (secondary N) is 1. The molecule has 20 heavy (non-hydrogen) atoms. The lowest BCUT2D eigenvalue weighted by Gasteiger charge is -2.17. The van der Waals surface area contributed by atoms with E-state index in [1.807, 2.05) is 6.07 Å². The van der Waals surface area contributed by atoms with Gasteiger partial charge >= 0.3 is 5.97 Å². The first kappa shape index (κ1) is 15.1. The van der Waals surface area contributed by atoms with Crippen LogP contribution in [0.1, 0.15) is 51.1 Å². The van der Waals surface area contributed by atoms with Gasteiger partial charge in [-0.1, -0.05) is 20.8 Å². The fourth-order valence-corrected chi connectivity index (χ4v) is 2.51. The van der Waals surface area contributed by atoms with Crippen LogP contribution in [0.3, 0.4) is 0 Å². The second kappa shape index (κ2) is 6.44. The largest absolute Gasteiger partial charge is 0.468 e. The first-order valence-corrected chi connectivity index (χ1v) is 7.41. The van der Waals surface area contributed by atoms with Gasteiger partial charge < -0.3 is 9.15 Å². The van der Waals surface area contributed by atoms with Gasteiger partial charge in [0, 0.05) is 5.92 Å². The summed E-state index contributed by atoms with van der Waals surface area (Å²) >= 11 is 0. The van der Waals surface area contributed by atoms with E-state index >= 15 is 0 Å². The van der Waals surface area contributed by atoms with Gasteiger partial charge in [-0.3, -0.25) is 10.1 Å². The van der Waals surface area contributed by atoms with Crippen molar-refractivity contribution < 1.29 is 13.9 Å². The highest BCUT2D eigenvalue weighted by atomic mass is 16.5. The van der Waals surface area contributed by atoms with Crippen molar-refractivity contribution in [3.05, 3.63) is 23.7 Å². The summed E-state index contributed by atoms with van der Waals surface area (Å²) in [5.74, 6) is 3.53. The fourth-order valence-electron chi connectivity index (χ4n) is 2.51. The molecule has 3 atom stereocenters. The minimum Gasteiger partial charge on any atom is -0.468 e. The van der Waals surface area contributed by atoms with Gasteiger partial charge in [0.15, 0.2) is 0 Å². The summed E-state index contributed by atoms with van der Waals surface area (Å²) in [7, 11) is 1.43. The Balaban J connectivity index is 1.88. The molecule has 3 unspecified atom stereocenters. The van der Waals surface area contributed by atoms with Crippen molar-refractivity contribution in [1.29, 1.82) is 0 Å². The van der Waals surface area contributed by atoms with Crippen LogP contribution < -0.4 is 5.32 Å². The zero-order valence-corrected chi connectivity index (χ0v) is 12.8. The van der Waals surface area contributed by atoms with Gasteiger partial charge in [-0.25, -0.2) is 0 Å². The van der Waals surface area contributed by atoms with Crippen molar-refractivity contribution in [2.45, 2.75) is 52.1 Å². The Morgan fingerprint density at radius 3 is 2.75 bits per heavy atom. The Morgan fingerprint density at radius 2 is 2.20 bits per heavy atom. The van der Waals surface area contributed by atoms with Crippen molar-refractivity contribution >= 4 is 5.97 Å². The molecule has 1 heterocycles. The zero-order chi connectivity index (χ0) is 14.7. The number of esters is 1. The number of ether oxygens (including phenoxy) is 1. The molecule has 2 rings (SSSR count). The van der Waals surface area contributed by atoms with Gasteiger partial charge in [-0.15, -0.1) is 0 Å². The molecular weight excluding hydrogens is 254 g/mol. The molecule has 4 heteroatoms. The highest BCUT2D eigenvalue weighted by Crippen LogP contribution is 2.47. The molecule has 1 fully saturated rings. The van der Waals surface area contributed by atoms with Crippen molar-refractivity contribution in [3.8, 4) is 0 Å². The number of carbonyl (C=O) groups is 1. The average Bonchev–Trinajstić information content (AvgIpc) is 2.96. The molecule has 0 amide bonds. The maximum absolute atomic E-state index is 11.7. The number of carbonyl (C=O) groups excluding carboxylic acids is 1. The predicted molar refractivity (Wildman–Crippen MR) is 77.3 cm³/mol. The summed E-state index contributed by atoms with van der Waals surface area (Å²) in [6.07, 6.45) is 1.98. The van der Waals surface area contributed by atoms with E-state index in [1.54, 1.807) is 0 Å². The maximum Gasteiger partial charge on any atom is 0.322 e. The molecule has 0 radical (unpaired) electrons. The minimum absolute atomic E-state index is 0.207. The van der Waals surface area contributed by atoms with Crippen LogP contribution >= 0.6 is 0 Å². The van der Waals surface area contributed by atoms with Crippen LogP contribution in [0.5, 0.6) is 0 Å². The second-order valence-electron chi connectivity index (χ2n) is 6.21. The number of methoxy groups -OCH3 is 1. The minimum atomic E-state index is -0.270. The van der Waals surface area contributed by atoms with Crippen LogP contribution in [0.4, 0.5) is 0 Å². The highest BCUT2D eigenvalue weighted by molar-refractivity contribution is 5.75. The molecule has 0 saturated heterocycles. The van der Waals surface area contributed by atoms with E-state index in [0.717, 1.165) is 23.9 Å². The Hall–Kier alpha value is -1.29. The van der Waals surface area contributed by atoms with E-state index in [9.17, 15) is 4.79 Å². The molecule has 112 valence electrons. The lowest BCUT2D eigenvalue weighted by molar-refractivity contribution is -0.143. The Bertz CT molecular complexity index is 452. The topological polar surface area (TPSA) is 51.5 Å². The van der Waals surface area contributed by atoms with Crippen LogP contribution in [-0.2, 0) is 16.1 Å². The highest BCUT2D eigenvalue weighted by Gasteiger charge is 2.36. The molecule has 1 aromatic heterocycles. The van der Waals surface area contributed by atoms with Gasteiger partial charge in [0.2, 0.25) is 0 Å². The van der Waals surface area contributed by atoms with Gasteiger partial charge in [0.25, 0.3) is 0 Å². The van der Waals surface area contributed by atoms with Crippen LogP contribution in [0, 0.1) is 11.8 Å². The van der Waals surface area contributed by atoms with Gasteiger partial charge in [0.05, 0.1) is 13.7 Å². The molecule has 1 aliphatic rings. The number of hydrogen-bond donors (Lipinski definition) is 1. The van der Waals surface area contributed by atoms with E-state index in [0.29, 0.717) is 18.4 Å². The molecule has 1 saturated carbocycles. The van der Waals surface area contributed by atoms with E-state index in [4.69, 9.17) is 9.15 Å². The SMILES string of the molecule is COC(=O)C(CC(C)C)NCc1ccc(C2CC2C)o1. The number of furan rings is 1. The normalized spacial score (nSPS) is 22.9. The lowest BCUT2D eigenvalue weighted by Crippen LogP contribution is -2.38. The van der Waals surface area contributed by atoms with Crippen molar-refractivity contribution in [2.75, 3.05) is 7.11 Å². The van der Waals surface area contributed by atoms with Crippen LogP contribution in [0.2, 0.25) is 0 Å². The quantitative estimate of drug-likeness (QED) is 0.779. The van der Waals surface area contributed by atoms with Gasteiger partial charge in [-0.2, -0.15) is 0 Å². The molecule has 1 aliphatic carbocycles. The summed E-state index contributed by atoms with van der Waals surface area (Å²) < 4.78 is 10.7. The molecule has 0 aliphatic heterocycles. The first-order valence-electron chi connectivity index (χ1n) is 7.41. The summed E-state index contributed by atoms with van der Waals surface area (Å²) in [4.78, 5) is 11.7. The molecular formula is C16H25NO3. The van der Waals surface area contributed by atoms with E-state index < -0.39 is 0 Å². The molecule has 4 nitrogen and oxygen atoms in total. The average molecular weight is 279 g/mol. The van der Waals surface area contributed by atoms with Gasteiger partial charge in [0.1, 0.15) is 17.6 Å². The van der Waals surface area contributed by atoms with Crippen molar-refractivity contribution in [2.24, 2.45) is 11.8 Å². The number of hydrogen-bond acceptors (Lipinski definition) is 4. The summed E-state index contributed by atoms with van der Waals surface area (Å²) in [6, 6.07) is 3.78. The molecule has 1 aromatic rings. The van der Waals surface area contributed by atoms with E-state index in [2.05, 4.69) is 32.2 Å². The maximum atomic E-state index is 11.7. The first-order chi connectivity index (χ1) is 9.51. The Morgan fingerprint density at radius 1 is 1.50 bits per heavy atom. The fraction of sp³-hybridized carbons (Fsp3) is 0.688. The smallest absolute Gasteiger partial charge is 0.322 e. The van der Waals surface area contributed by atoms with Crippen LogP contribution in [-0.4, -0.2) is 19.1 Å². The van der Waals surface area contributed by atoms with E-state index in [-0.39, 0.29) is 12.0 Å². The van der Waals surface area contributed by atoms with E-state index in [1.165, 1.54) is 13.5 Å². The van der Waals surface area contributed by atoms with Crippen molar-refractivity contribution in [1.82, 2.24) is 5.32 Å².